The van der Waals surface area contributed by atoms with Crippen LogP contribution in [0.4, 0.5) is 10.5 Å². The minimum atomic E-state index is -0.186. The Morgan fingerprint density at radius 1 is 1.00 bits per heavy atom. The van der Waals surface area contributed by atoms with E-state index in [4.69, 9.17) is 4.74 Å². The lowest BCUT2D eigenvalue weighted by Gasteiger charge is -2.23. The lowest BCUT2D eigenvalue weighted by atomic mass is 9.86. The van der Waals surface area contributed by atoms with Crippen molar-refractivity contribution in [2.45, 2.75) is 46.5 Å². The molecule has 4 nitrogen and oxygen atoms in total. The Labute approximate surface area is 157 Å². The second-order valence-electron chi connectivity index (χ2n) is 7.60. The molecule has 140 valence electrons. The van der Waals surface area contributed by atoms with Crippen LogP contribution >= 0.6 is 0 Å². The number of nitrogens with one attached hydrogen (secondary N) is 2. The molecule has 0 heterocycles. The monoisotopic (exact) mass is 354 g/mol. The molecule has 0 aliphatic carbocycles. The van der Waals surface area contributed by atoms with Crippen molar-refractivity contribution >= 4 is 11.7 Å². The largest absolute Gasteiger partial charge is 0.493 e. The Bertz CT molecular complexity index is 728. The highest BCUT2D eigenvalue weighted by atomic mass is 16.5. The van der Waals surface area contributed by atoms with Crippen molar-refractivity contribution < 1.29 is 9.53 Å². The zero-order chi connectivity index (χ0) is 19.2. The van der Waals surface area contributed by atoms with Gasteiger partial charge in [0.2, 0.25) is 0 Å². The fourth-order valence-electron chi connectivity index (χ4n) is 2.89. The molecule has 2 rings (SSSR count). The Kier molecular flexibility index (Phi) is 6.67. The molecule has 0 saturated carbocycles. The molecule has 4 heteroatoms. The van der Waals surface area contributed by atoms with E-state index >= 15 is 0 Å². The maximum atomic E-state index is 12.2. The Morgan fingerprint density at radius 2 is 1.65 bits per heavy atom. The van der Waals surface area contributed by atoms with Crippen molar-refractivity contribution in [2.24, 2.45) is 0 Å². The highest BCUT2D eigenvalue weighted by molar-refractivity contribution is 5.90. The molecular formula is C22H30N2O2. The van der Waals surface area contributed by atoms with Gasteiger partial charge >= 0.3 is 6.03 Å². The van der Waals surface area contributed by atoms with Gasteiger partial charge in [-0.25, -0.2) is 4.79 Å². The number of carbonyl (C=O) groups is 1. The van der Waals surface area contributed by atoms with Crippen LogP contribution in [0.15, 0.2) is 42.5 Å². The summed E-state index contributed by atoms with van der Waals surface area (Å²) in [7, 11) is 0. The summed E-state index contributed by atoms with van der Waals surface area (Å²) < 4.78 is 5.86. The Balaban J connectivity index is 1.78. The van der Waals surface area contributed by atoms with Gasteiger partial charge in [0.05, 0.1) is 6.61 Å². The van der Waals surface area contributed by atoms with E-state index in [1.165, 1.54) is 0 Å². The standard InChI is InChI=1S/C22H30N2O2/c1-16-10-8-11-17(2)20(16)26-15-9-14-23-21(25)24-19-13-7-6-12-18(19)22(3,4)5/h6-8,10-13H,9,14-15H2,1-5H3,(H2,23,24,25). The van der Waals surface area contributed by atoms with Crippen LogP contribution in [-0.4, -0.2) is 19.2 Å². The SMILES string of the molecule is Cc1cccc(C)c1OCCCNC(=O)Nc1ccccc1C(C)(C)C. The number of hydrogen-bond acceptors (Lipinski definition) is 2. The molecular weight excluding hydrogens is 324 g/mol. The van der Waals surface area contributed by atoms with E-state index in [0.717, 1.165) is 34.5 Å². The second kappa shape index (κ2) is 8.75. The van der Waals surface area contributed by atoms with Crippen molar-refractivity contribution in [2.75, 3.05) is 18.5 Å². The molecule has 2 N–H and O–H groups in total. The normalized spacial score (nSPS) is 11.1. The first-order valence-electron chi connectivity index (χ1n) is 9.12. The van der Waals surface area contributed by atoms with Crippen LogP contribution in [0.25, 0.3) is 0 Å². The van der Waals surface area contributed by atoms with Crippen molar-refractivity contribution in [1.82, 2.24) is 5.32 Å². The quantitative estimate of drug-likeness (QED) is 0.701. The summed E-state index contributed by atoms with van der Waals surface area (Å²) in [5, 5.41) is 5.85. The molecule has 0 fully saturated rings. The summed E-state index contributed by atoms with van der Waals surface area (Å²) in [6.45, 7) is 11.6. The molecule has 0 aliphatic rings. The molecule has 2 aromatic carbocycles. The minimum Gasteiger partial charge on any atom is -0.493 e. The van der Waals surface area contributed by atoms with E-state index in [0.29, 0.717) is 13.2 Å². The predicted octanol–water partition coefficient (Wildman–Crippen LogP) is 5.19. The van der Waals surface area contributed by atoms with Gasteiger partial charge in [0, 0.05) is 12.2 Å². The average molecular weight is 354 g/mol. The van der Waals surface area contributed by atoms with Crippen LogP contribution in [-0.2, 0) is 5.41 Å². The fourth-order valence-corrected chi connectivity index (χ4v) is 2.89. The highest BCUT2D eigenvalue weighted by Crippen LogP contribution is 2.29. The average Bonchev–Trinajstić information content (AvgIpc) is 2.56. The van der Waals surface area contributed by atoms with Gasteiger partial charge in [-0.2, -0.15) is 0 Å². The van der Waals surface area contributed by atoms with Gasteiger partial charge in [-0.1, -0.05) is 57.2 Å². The molecule has 0 aliphatic heterocycles. The van der Waals surface area contributed by atoms with E-state index < -0.39 is 0 Å². The number of ether oxygens (including phenoxy) is 1. The lowest BCUT2D eigenvalue weighted by molar-refractivity contribution is 0.250. The summed E-state index contributed by atoms with van der Waals surface area (Å²) >= 11 is 0. The Hall–Kier alpha value is -2.49. The maximum absolute atomic E-state index is 12.2. The molecule has 0 atom stereocenters. The summed E-state index contributed by atoms with van der Waals surface area (Å²) in [5.74, 6) is 0.941. The molecule has 0 spiro atoms. The first-order chi connectivity index (χ1) is 12.3. The number of benzene rings is 2. The third kappa shape index (κ3) is 5.51. The number of amides is 2. The van der Waals surface area contributed by atoms with E-state index in [2.05, 4.69) is 31.4 Å². The number of carbonyl (C=O) groups excluding carboxylic acids is 1. The number of urea groups is 1. The molecule has 0 radical (unpaired) electrons. The Morgan fingerprint density at radius 3 is 2.31 bits per heavy atom. The second-order valence-corrected chi connectivity index (χ2v) is 7.60. The molecule has 2 aromatic rings. The number of para-hydroxylation sites is 2. The van der Waals surface area contributed by atoms with E-state index in [1.807, 2.05) is 56.3 Å². The molecule has 0 saturated heterocycles. The van der Waals surface area contributed by atoms with Crippen LogP contribution in [0.3, 0.4) is 0 Å². The summed E-state index contributed by atoms with van der Waals surface area (Å²) in [5.41, 5.74) is 4.21. The predicted molar refractivity (Wildman–Crippen MR) is 108 cm³/mol. The van der Waals surface area contributed by atoms with Crippen molar-refractivity contribution in [3.8, 4) is 5.75 Å². The van der Waals surface area contributed by atoms with Crippen LogP contribution in [0, 0.1) is 13.8 Å². The number of aryl methyl sites for hydroxylation is 2. The van der Waals surface area contributed by atoms with Gasteiger partial charge in [0.15, 0.2) is 0 Å². The number of anilines is 1. The molecule has 0 unspecified atom stereocenters. The van der Waals surface area contributed by atoms with Gasteiger partial charge in [-0.15, -0.1) is 0 Å². The molecule has 0 bridgehead atoms. The van der Waals surface area contributed by atoms with Crippen LogP contribution < -0.4 is 15.4 Å². The van der Waals surface area contributed by atoms with Gasteiger partial charge < -0.3 is 15.4 Å². The first kappa shape index (κ1) is 19.8. The highest BCUT2D eigenvalue weighted by Gasteiger charge is 2.18. The zero-order valence-corrected chi connectivity index (χ0v) is 16.5. The van der Waals surface area contributed by atoms with E-state index in [1.54, 1.807) is 0 Å². The lowest BCUT2D eigenvalue weighted by Crippen LogP contribution is -2.31. The molecule has 26 heavy (non-hydrogen) atoms. The molecule has 0 aromatic heterocycles. The number of rotatable bonds is 6. The van der Waals surface area contributed by atoms with E-state index in [9.17, 15) is 4.79 Å². The number of hydrogen-bond donors (Lipinski definition) is 2. The van der Waals surface area contributed by atoms with Gasteiger partial charge in [0.1, 0.15) is 5.75 Å². The van der Waals surface area contributed by atoms with Crippen molar-refractivity contribution in [1.29, 1.82) is 0 Å². The van der Waals surface area contributed by atoms with Crippen LogP contribution in [0.1, 0.15) is 43.9 Å². The smallest absolute Gasteiger partial charge is 0.319 e. The van der Waals surface area contributed by atoms with Crippen LogP contribution in [0.5, 0.6) is 5.75 Å². The first-order valence-corrected chi connectivity index (χ1v) is 9.12. The van der Waals surface area contributed by atoms with Gasteiger partial charge in [0.25, 0.3) is 0 Å². The summed E-state index contributed by atoms with van der Waals surface area (Å²) in [6, 6.07) is 13.8. The topological polar surface area (TPSA) is 50.4 Å². The summed E-state index contributed by atoms with van der Waals surface area (Å²) in [6.07, 6.45) is 0.752. The fraction of sp³-hybridized carbons (Fsp3) is 0.409. The third-order valence-corrected chi connectivity index (χ3v) is 4.25. The van der Waals surface area contributed by atoms with Crippen LogP contribution in [0.2, 0.25) is 0 Å². The third-order valence-electron chi connectivity index (χ3n) is 4.25. The van der Waals surface area contributed by atoms with Crippen molar-refractivity contribution in [3.63, 3.8) is 0 Å². The van der Waals surface area contributed by atoms with E-state index in [-0.39, 0.29) is 11.4 Å². The molecule has 2 amide bonds. The van der Waals surface area contributed by atoms with Crippen molar-refractivity contribution in [3.05, 3.63) is 59.2 Å². The van der Waals surface area contributed by atoms with Gasteiger partial charge in [-0.05, 0) is 48.4 Å². The maximum Gasteiger partial charge on any atom is 0.319 e. The van der Waals surface area contributed by atoms with Gasteiger partial charge in [-0.3, -0.25) is 0 Å². The summed E-state index contributed by atoms with van der Waals surface area (Å²) in [4.78, 5) is 12.2. The zero-order valence-electron chi connectivity index (χ0n) is 16.5. The minimum absolute atomic E-state index is 0.0247.